The normalized spacial score (nSPS) is 10.0. The summed E-state index contributed by atoms with van der Waals surface area (Å²) in [6.07, 6.45) is 4.77. The molecule has 2 heteroatoms. The van der Waals surface area contributed by atoms with Crippen LogP contribution in [0.5, 0.6) is 0 Å². The lowest BCUT2D eigenvalue weighted by molar-refractivity contribution is 0.624. The number of halogens is 2. The molecule has 0 heterocycles. The molecule has 70 valence electrons. The lowest BCUT2D eigenvalue weighted by Gasteiger charge is -2.02. The lowest BCUT2D eigenvalue weighted by atomic mass is 10.1. The van der Waals surface area contributed by atoms with Crippen LogP contribution >= 0.6 is 15.9 Å². The smallest absolute Gasteiger partial charge is 0.123 e. The van der Waals surface area contributed by atoms with Gasteiger partial charge in [0.25, 0.3) is 0 Å². The van der Waals surface area contributed by atoms with Gasteiger partial charge in [-0.05, 0) is 43.0 Å². The van der Waals surface area contributed by atoms with Crippen molar-refractivity contribution in [3.8, 4) is 0 Å². The molecule has 0 radical (unpaired) electrons. The summed E-state index contributed by atoms with van der Waals surface area (Å²) in [6.45, 7) is 3.65. The Morgan fingerprint density at radius 3 is 2.92 bits per heavy atom. The van der Waals surface area contributed by atoms with Crippen molar-refractivity contribution < 1.29 is 4.39 Å². The van der Waals surface area contributed by atoms with Crippen LogP contribution in [0.25, 0.3) is 0 Å². The van der Waals surface area contributed by atoms with Crippen molar-refractivity contribution in [2.24, 2.45) is 0 Å². The second kappa shape index (κ2) is 5.18. The number of benzene rings is 1. The van der Waals surface area contributed by atoms with Crippen molar-refractivity contribution in [2.45, 2.75) is 19.3 Å². The Bertz CT molecular complexity index is 294. The highest BCUT2D eigenvalue weighted by Gasteiger charge is 2.00. The van der Waals surface area contributed by atoms with Crippen molar-refractivity contribution in [3.63, 3.8) is 0 Å². The number of aryl methyl sites for hydroxylation is 1. The first-order chi connectivity index (χ1) is 6.24. The summed E-state index contributed by atoms with van der Waals surface area (Å²) in [5, 5.41) is 0. The molecule has 0 unspecified atom stereocenters. The summed E-state index contributed by atoms with van der Waals surface area (Å²) in [5.74, 6) is -0.170. The zero-order chi connectivity index (χ0) is 9.68. The van der Waals surface area contributed by atoms with Crippen molar-refractivity contribution >= 4 is 15.9 Å². The quantitative estimate of drug-likeness (QED) is 0.551. The van der Waals surface area contributed by atoms with E-state index in [-0.39, 0.29) is 5.82 Å². The van der Waals surface area contributed by atoms with Crippen LogP contribution in [-0.4, -0.2) is 0 Å². The lowest BCUT2D eigenvalue weighted by Crippen LogP contribution is -1.88. The maximum atomic E-state index is 12.8. The van der Waals surface area contributed by atoms with E-state index in [1.165, 1.54) is 6.07 Å². The molecule has 0 aliphatic heterocycles. The number of hydrogen-bond acceptors (Lipinski definition) is 0. The second-order valence-electron chi connectivity index (χ2n) is 2.92. The highest BCUT2D eigenvalue weighted by Crippen LogP contribution is 2.19. The molecule has 0 bridgehead atoms. The van der Waals surface area contributed by atoms with E-state index >= 15 is 0 Å². The first kappa shape index (κ1) is 10.5. The Hall–Kier alpha value is -0.630. The van der Waals surface area contributed by atoms with Crippen LogP contribution in [0, 0.1) is 5.82 Å². The Labute approximate surface area is 86.6 Å². The van der Waals surface area contributed by atoms with Gasteiger partial charge in [-0.3, -0.25) is 0 Å². The van der Waals surface area contributed by atoms with Gasteiger partial charge in [0.1, 0.15) is 5.82 Å². The Balaban J connectivity index is 2.64. The molecule has 13 heavy (non-hydrogen) atoms. The van der Waals surface area contributed by atoms with Gasteiger partial charge in [0.05, 0.1) is 0 Å². The Kier molecular flexibility index (Phi) is 4.16. The molecule has 0 N–H and O–H groups in total. The van der Waals surface area contributed by atoms with Crippen molar-refractivity contribution in [3.05, 3.63) is 46.7 Å². The second-order valence-corrected chi connectivity index (χ2v) is 3.77. The topological polar surface area (TPSA) is 0 Å². The SMILES string of the molecule is C=CCCCc1cc(F)ccc1Br. The predicted octanol–water partition coefficient (Wildman–Crippen LogP) is 4.10. The number of rotatable bonds is 4. The maximum Gasteiger partial charge on any atom is 0.123 e. The molecular formula is C11H12BrF. The summed E-state index contributed by atoms with van der Waals surface area (Å²) < 4.78 is 13.8. The zero-order valence-electron chi connectivity index (χ0n) is 7.39. The number of unbranched alkanes of at least 4 members (excludes halogenated alkanes) is 1. The van der Waals surface area contributed by atoms with Crippen LogP contribution in [0.4, 0.5) is 4.39 Å². The van der Waals surface area contributed by atoms with Crippen LogP contribution in [0.3, 0.4) is 0 Å². The van der Waals surface area contributed by atoms with Crippen LogP contribution in [-0.2, 0) is 6.42 Å². The van der Waals surface area contributed by atoms with Gasteiger partial charge in [-0.25, -0.2) is 4.39 Å². The monoisotopic (exact) mass is 242 g/mol. The van der Waals surface area contributed by atoms with Crippen LogP contribution in [0.1, 0.15) is 18.4 Å². The van der Waals surface area contributed by atoms with Gasteiger partial charge in [-0.2, -0.15) is 0 Å². The molecule has 0 amide bonds. The highest BCUT2D eigenvalue weighted by atomic mass is 79.9. The summed E-state index contributed by atoms with van der Waals surface area (Å²) in [4.78, 5) is 0. The molecule has 0 saturated heterocycles. The molecule has 0 nitrogen and oxygen atoms in total. The van der Waals surface area contributed by atoms with E-state index in [0.717, 1.165) is 29.3 Å². The van der Waals surface area contributed by atoms with Crippen molar-refractivity contribution in [1.29, 1.82) is 0 Å². The molecule has 1 aromatic rings. The Morgan fingerprint density at radius 1 is 1.46 bits per heavy atom. The third-order valence-corrected chi connectivity index (χ3v) is 2.64. The van der Waals surface area contributed by atoms with Gasteiger partial charge in [0.15, 0.2) is 0 Å². The highest BCUT2D eigenvalue weighted by molar-refractivity contribution is 9.10. The van der Waals surface area contributed by atoms with Gasteiger partial charge < -0.3 is 0 Å². The van der Waals surface area contributed by atoms with Gasteiger partial charge in [-0.1, -0.05) is 22.0 Å². The van der Waals surface area contributed by atoms with Crippen molar-refractivity contribution in [1.82, 2.24) is 0 Å². The molecule has 0 aliphatic carbocycles. The third-order valence-electron chi connectivity index (χ3n) is 1.86. The van der Waals surface area contributed by atoms with Gasteiger partial charge in [0, 0.05) is 4.47 Å². The summed E-state index contributed by atoms with van der Waals surface area (Å²) in [7, 11) is 0. The Morgan fingerprint density at radius 2 is 2.23 bits per heavy atom. The molecule has 1 rings (SSSR count). The summed E-state index contributed by atoms with van der Waals surface area (Å²) >= 11 is 3.39. The fourth-order valence-corrected chi connectivity index (χ4v) is 1.62. The van der Waals surface area contributed by atoms with E-state index in [9.17, 15) is 4.39 Å². The van der Waals surface area contributed by atoms with E-state index in [1.54, 1.807) is 12.1 Å². The van der Waals surface area contributed by atoms with Gasteiger partial charge >= 0.3 is 0 Å². The molecule has 0 spiro atoms. The maximum absolute atomic E-state index is 12.8. The van der Waals surface area contributed by atoms with Crippen molar-refractivity contribution in [2.75, 3.05) is 0 Å². The minimum Gasteiger partial charge on any atom is -0.207 e. The van der Waals surface area contributed by atoms with E-state index in [4.69, 9.17) is 0 Å². The standard InChI is InChI=1S/C11H12BrF/c1-2-3-4-5-9-8-10(13)6-7-11(9)12/h2,6-8H,1,3-5H2. The molecule has 1 aromatic carbocycles. The van der Waals surface area contributed by atoms with E-state index in [1.807, 2.05) is 6.08 Å². The van der Waals surface area contributed by atoms with Crippen LogP contribution in [0.2, 0.25) is 0 Å². The average molecular weight is 243 g/mol. The zero-order valence-corrected chi connectivity index (χ0v) is 8.98. The first-order valence-corrected chi connectivity index (χ1v) is 5.08. The van der Waals surface area contributed by atoms with Gasteiger partial charge in [-0.15, -0.1) is 6.58 Å². The molecule has 0 fully saturated rings. The summed E-state index contributed by atoms with van der Waals surface area (Å²) in [6, 6.07) is 4.78. The molecule has 0 atom stereocenters. The first-order valence-electron chi connectivity index (χ1n) is 4.29. The molecular weight excluding hydrogens is 231 g/mol. The fraction of sp³-hybridized carbons (Fsp3) is 0.273. The third kappa shape index (κ3) is 3.31. The molecule has 0 saturated carbocycles. The van der Waals surface area contributed by atoms with Crippen LogP contribution in [0.15, 0.2) is 35.3 Å². The number of hydrogen-bond donors (Lipinski definition) is 0. The molecule has 0 aliphatic rings. The summed E-state index contributed by atoms with van der Waals surface area (Å²) in [5.41, 5.74) is 1.03. The fourth-order valence-electron chi connectivity index (χ4n) is 1.17. The van der Waals surface area contributed by atoms with Crippen LogP contribution < -0.4 is 0 Å². The van der Waals surface area contributed by atoms with E-state index in [0.29, 0.717) is 0 Å². The molecule has 0 aromatic heterocycles. The largest absolute Gasteiger partial charge is 0.207 e. The minimum absolute atomic E-state index is 0.170. The minimum atomic E-state index is -0.170. The predicted molar refractivity (Wildman–Crippen MR) is 57.2 cm³/mol. The number of allylic oxidation sites excluding steroid dienone is 1. The average Bonchev–Trinajstić information content (AvgIpc) is 2.11. The van der Waals surface area contributed by atoms with E-state index in [2.05, 4.69) is 22.5 Å². The van der Waals surface area contributed by atoms with Gasteiger partial charge in [0.2, 0.25) is 0 Å². The van der Waals surface area contributed by atoms with E-state index < -0.39 is 0 Å².